The summed E-state index contributed by atoms with van der Waals surface area (Å²) in [4.78, 5) is 36.3. The Morgan fingerprint density at radius 1 is 1.23 bits per heavy atom. The largest absolute Gasteiger partial charge is 0.363 e. The molecule has 136 valence electrons. The van der Waals surface area contributed by atoms with Crippen LogP contribution >= 0.6 is 0 Å². The van der Waals surface area contributed by atoms with Gasteiger partial charge in [0.15, 0.2) is 0 Å². The van der Waals surface area contributed by atoms with E-state index in [1.165, 1.54) is 12.4 Å². The fourth-order valence-electron chi connectivity index (χ4n) is 3.49. The minimum absolute atomic E-state index is 0.0486. The number of aromatic nitrogens is 4. The highest BCUT2D eigenvalue weighted by atomic mass is 16.5. The first-order valence-electron chi connectivity index (χ1n) is 8.55. The lowest BCUT2D eigenvalue weighted by molar-refractivity contribution is -0.143. The number of carbonyl (C=O) groups is 2. The molecular weight excluding hydrogens is 336 g/mol. The van der Waals surface area contributed by atoms with Gasteiger partial charge in [0.25, 0.3) is 11.8 Å². The van der Waals surface area contributed by atoms with Crippen LogP contribution in [0, 0.1) is 0 Å². The van der Waals surface area contributed by atoms with Crippen molar-refractivity contribution in [2.45, 2.75) is 18.4 Å². The number of ether oxygens (including phenoxy) is 1. The molecule has 1 spiro atoms. The van der Waals surface area contributed by atoms with E-state index in [1.807, 2.05) is 13.2 Å². The third-order valence-electron chi connectivity index (χ3n) is 5.00. The minimum Gasteiger partial charge on any atom is -0.363 e. The van der Waals surface area contributed by atoms with E-state index in [4.69, 9.17) is 4.74 Å². The van der Waals surface area contributed by atoms with Gasteiger partial charge in [-0.3, -0.25) is 19.3 Å². The van der Waals surface area contributed by atoms with Gasteiger partial charge in [0.05, 0.1) is 30.2 Å². The number of hydrogen-bond acceptors (Lipinski definition) is 6. The molecule has 2 amide bonds. The normalized spacial score (nSPS) is 19.8. The minimum atomic E-state index is -0.428. The Morgan fingerprint density at radius 2 is 2.04 bits per heavy atom. The van der Waals surface area contributed by atoms with E-state index in [9.17, 15) is 9.59 Å². The van der Waals surface area contributed by atoms with Gasteiger partial charge in [0.2, 0.25) is 0 Å². The molecule has 2 aliphatic rings. The lowest BCUT2D eigenvalue weighted by atomic mass is 9.89. The molecule has 2 fully saturated rings. The Kier molecular flexibility index (Phi) is 4.15. The summed E-state index contributed by atoms with van der Waals surface area (Å²) in [5.74, 6) is -0.189. The molecule has 0 aromatic carbocycles. The highest BCUT2D eigenvalue weighted by molar-refractivity contribution is 5.95. The zero-order valence-electron chi connectivity index (χ0n) is 14.5. The number of hydrogen-bond donors (Lipinski definition) is 0. The molecule has 0 bridgehead atoms. The molecule has 9 heteroatoms. The van der Waals surface area contributed by atoms with Gasteiger partial charge in [-0.25, -0.2) is 4.98 Å². The van der Waals surface area contributed by atoms with E-state index in [1.54, 1.807) is 26.9 Å². The molecule has 2 saturated heterocycles. The van der Waals surface area contributed by atoms with Crippen LogP contribution in [0.1, 0.15) is 23.3 Å². The van der Waals surface area contributed by atoms with E-state index >= 15 is 0 Å². The first-order valence-corrected chi connectivity index (χ1v) is 8.55. The quantitative estimate of drug-likeness (QED) is 0.766. The first kappa shape index (κ1) is 16.6. The standard InChI is InChI=1S/C17H20N6O3/c1-21-10-13(8-20-21)23-12-17(26-11-15(23)24)2-6-22(7-3-17)16(25)14-9-18-4-5-19-14/h4-5,8-10H,2-3,6-7,11-12H2,1H3. The monoisotopic (exact) mass is 356 g/mol. The van der Waals surface area contributed by atoms with E-state index < -0.39 is 5.60 Å². The van der Waals surface area contributed by atoms with Crippen molar-refractivity contribution in [2.75, 3.05) is 31.1 Å². The number of aryl methyl sites for hydroxylation is 1. The molecule has 4 heterocycles. The Hall–Kier alpha value is -2.81. The zero-order valence-corrected chi connectivity index (χ0v) is 14.5. The zero-order chi connectivity index (χ0) is 18.1. The summed E-state index contributed by atoms with van der Waals surface area (Å²) >= 11 is 0. The van der Waals surface area contributed by atoms with Gasteiger partial charge in [-0.2, -0.15) is 5.10 Å². The van der Waals surface area contributed by atoms with E-state index in [-0.39, 0.29) is 18.4 Å². The number of likely N-dealkylation sites (tertiary alicyclic amines) is 1. The Balaban J connectivity index is 1.44. The molecule has 2 aromatic heterocycles. The summed E-state index contributed by atoms with van der Waals surface area (Å²) in [5, 5.41) is 4.14. The number of anilines is 1. The fraction of sp³-hybridized carbons (Fsp3) is 0.471. The van der Waals surface area contributed by atoms with Crippen molar-refractivity contribution in [3.8, 4) is 0 Å². The second-order valence-electron chi connectivity index (χ2n) is 6.71. The molecule has 0 saturated carbocycles. The summed E-state index contributed by atoms with van der Waals surface area (Å²) in [6, 6.07) is 0. The number of carbonyl (C=O) groups excluding carboxylic acids is 2. The van der Waals surface area contributed by atoms with Crippen LogP contribution in [0.5, 0.6) is 0 Å². The van der Waals surface area contributed by atoms with Gasteiger partial charge in [0, 0.05) is 38.7 Å². The fourth-order valence-corrected chi connectivity index (χ4v) is 3.49. The maximum absolute atomic E-state index is 12.5. The molecule has 26 heavy (non-hydrogen) atoms. The lowest BCUT2D eigenvalue weighted by Gasteiger charge is -2.46. The average molecular weight is 356 g/mol. The molecule has 0 unspecified atom stereocenters. The van der Waals surface area contributed by atoms with Crippen molar-refractivity contribution >= 4 is 17.5 Å². The maximum atomic E-state index is 12.5. The van der Waals surface area contributed by atoms with E-state index in [0.29, 0.717) is 38.2 Å². The van der Waals surface area contributed by atoms with Crippen molar-refractivity contribution in [3.05, 3.63) is 36.7 Å². The number of rotatable bonds is 2. The highest BCUT2D eigenvalue weighted by Gasteiger charge is 2.43. The smallest absolute Gasteiger partial charge is 0.274 e. The first-order chi connectivity index (χ1) is 12.6. The van der Waals surface area contributed by atoms with Crippen LogP contribution < -0.4 is 4.90 Å². The number of amides is 2. The molecule has 0 N–H and O–H groups in total. The number of morpholine rings is 1. The summed E-state index contributed by atoms with van der Waals surface area (Å²) < 4.78 is 7.60. The molecule has 2 aromatic rings. The SMILES string of the molecule is Cn1cc(N2CC3(CCN(C(=O)c4cnccn4)CC3)OCC2=O)cn1. The Morgan fingerprint density at radius 3 is 2.69 bits per heavy atom. The third-order valence-corrected chi connectivity index (χ3v) is 5.00. The van der Waals surface area contributed by atoms with Crippen molar-refractivity contribution in [1.82, 2.24) is 24.6 Å². The summed E-state index contributed by atoms with van der Waals surface area (Å²) in [6.45, 7) is 1.65. The predicted molar refractivity (Wildman–Crippen MR) is 91.4 cm³/mol. The van der Waals surface area contributed by atoms with Crippen LogP contribution in [-0.2, 0) is 16.6 Å². The lowest BCUT2D eigenvalue weighted by Crippen LogP contribution is -2.59. The summed E-state index contributed by atoms with van der Waals surface area (Å²) in [5.41, 5.74) is 0.696. The highest BCUT2D eigenvalue weighted by Crippen LogP contribution is 2.32. The van der Waals surface area contributed by atoms with E-state index in [2.05, 4.69) is 15.1 Å². The number of nitrogens with zero attached hydrogens (tertiary/aromatic N) is 6. The van der Waals surface area contributed by atoms with Gasteiger partial charge >= 0.3 is 0 Å². The molecule has 0 atom stereocenters. The number of piperidine rings is 1. The van der Waals surface area contributed by atoms with Gasteiger partial charge in [-0.05, 0) is 12.8 Å². The van der Waals surface area contributed by atoms with Gasteiger partial charge in [-0.1, -0.05) is 0 Å². The van der Waals surface area contributed by atoms with Crippen LogP contribution in [0.25, 0.3) is 0 Å². The summed E-state index contributed by atoms with van der Waals surface area (Å²) in [7, 11) is 1.82. The van der Waals surface area contributed by atoms with E-state index in [0.717, 1.165) is 5.69 Å². The van der Waals surface area contributed by atoms with Gasteiger partial charge in [-0.15, -0.1) is 0 Å². The van der Waals surface area contributed by atoms with Crippen LogP contribution in [0.4, 0.5) is 5.69 Å². The second-order valence-corrected chi connectivity index (χ2v) is 6.71. The third kappa shape index (κ3) is 3.05. The Bertz CT molecular complexity index is 813. The molecule has 2 aliphatic heterocycles. The van der Waals surface area contributed by atoms with Crippen molar-refractivity contribution < 1.29 is 14.3 Å². The van der Waals surface area contributed by atoms with Crippen molar-refractivity contribution in [1.29, 1.82) is 0 Å². The average Bonchev–Trinajstić information content (AvgIpc) is 3.11. The maximum Gasteiger partial charge on any atom is 0.274 e. The van der Waals surface area contributed by atoms with Crippen LogP contribution in [0.2, 0.25) is 0 Å². The molecule has 0 radical (unpaired) electrons. The van der Waals surface area contributed by atoms with Crippen LogP contribution in [0.3, 0.4) is 0 Å². The molecular formula is C17H20N6O3. The Labute approximate surface area is 150 Å². The van der Waals surface area contributed by atoms with Gasteiger partial charge < -0.3 is 14.5 Å². The van der Waals surface area contributed by atoms with Crippen LogP contribution in [0.15, 0.2) is 31.0 Å². The molecule has 4 rings (SSSR count). The van der Waals surface area contributed by atoms with Crippen molar-refractivity contribution in [2.24, 2.45) is 7.05 Å². The topological polar surface area (TPSA) is 93.5 Å². The molecule has 0 aliphatic carbocycles. The van der Waals surface area contributed by atoms with Gasteiger partial charge in [0.1, 0.15) is 12.3 Å². The second kappa shape index (κ2) is 6.49. The predicted octanol–water partition coefficient (Wildman–Crippen LogP) is 0.248. The summed E-state index contributed by atoms with van der Waals surface area (Å²) in [6.07, 6.45) is 9.38. The van der Waals surface area contributed by atoms with Crippen molar-refractivity contribution in [3.63, 3.8) is 0 Å². The molecule has 9 nitrogen and oxygen atoms in total. The van der Waals surface area contributed by atoms with Crippen LogP contribution in [-0.4, -0.2) is 68.3 Å².